The van der Waals surface area contributed by atoms with Crippen molar-refractivity contribution in [1.29, 1.82) is 0 Å². The summed E-state index contributed by atoms with van der Waals surface area (Å²) in [5.41, 5.74) is 3.13. The standard InChI is InChI=1S/C23H27NO4/c1-14(2)24-12-18(25)13-27-19-9-10-21-20(11-19)16(4)23(28-21)22(26)17-7-5-15(3)6-8-17/h5-11,14,18,24-25H,12-13H2,1-4H3. The van der Waals surface area contributed by atoms with Crippen molar-refractivity contribution in [3.05, 3.63) is 64.9 Å². The number of benzene rings is 2. The third-order valence-electron chi connectivity index (χ3n) is 4.63. The van der Waals surface area contributed by atoms with Gasteiger partial charge in [0.2, 0.25) is 5.78 Å². The molecule has 0 spiro atoms. The Morgan fingerprint density at radius 2 is 1.86 bits per heavy atom. The zero-order valence-corrected chi connectivity index (χ0v) is 16.8. The number of fused-ring (bicyclic) bond motifs is 1. The van der Waals surface area contributed by atoms with Gasteiger partial charge in [0.25, 0.3) is 0 Å². The molecule has 0 aliphatic heterocycles. The summed E-state index contributed by atoms with van der Waals surface area (Å²) in [6.07, 6.45) is -0.595. The van der Waals surface area contributed by atoms with E-state index in [0.717, 1.165) is 16.5 Å². The molecule has 2 aromatic carbocycles. The van der Waals surface area contributed by atoms with Crippen molar-refractivity contribution < 1.29 is 19.1 Å². The minimum absolute atomic E-state index is 0.133. The molecule has 3 aromatic rings. The lowest BCUT2D eigenvalue weighted by molar-refractivity contribution is 0.101. The first-order chi connectivity index (χ1) is 13.3. The highest BCUT2D eigenvalue weighted by Gasteiger charge is 2.19. The molecular weight excluding hydrogens is 354 g/mol. The van der Waals surface area contributed by atoms with E-state index in [9.17, 15) is 9.90 Å². The molecule has 1 aromatic heterocycles. The first kappa shape index (κ1) is 20.1. The number of carbonyl (C=O) groups is 1. The Kier molecular flexibility index (Phi) is 6.17. The van der Waals surface area contributed by atoms with Crippen LogP contribution < -0.4 is 10.1 Å². The van der Waals surface area contributed by atoms with Gasteiger partial charge in [-0.2, -0.15) is 0 Å². The third-order valence-corrected chi connectivity index (χ3v) is 4.63. The van der Waals surface area contributed by atoms with Gasteiger partial charge in [-0.1, -0.05) is 43.7 Å². The van der Waals surface area contributed by atoms with Crippen molar-refractivity contribution >= 4 is 16.8 Å². The van der Waals surface area contributed by atoms with E-state index < -0.39 is 6.10 Å². The molecule has 5 heteroatoms. The maximum Gasteiger partial charge on any atom is 0.228 e. The second kappa shape index (κ2) is 8.59. The first-order valence-electron chi connectivity index (χ1n) is 9.54. The highest BCUT2D eigenvalue weighted by Crippen LogP contribution is 2.30. The summed E-state index contributed by atoms with van der Waals surface area (Å²) in [5.74, 6) is 0.845. The van der Waals surface area contributed by atoms with E-state index in [4.69, 9.17) is 9.15 Å². The van der Waals surface area contributed by atoms with Crippen LogP contribution >= 0.6 is 0 Å². The van der Waals surface area contributed by atoms with E-state index in [1.165, 1.54) is 0 Å². The zero-order valence-electron chi connectivity index (χ0n) is 16.8. The van der Waals surface area contributed by atoms with Crippen molar-refractivity contribution in [3.63, 3.8) is 0 Å². The van der Waals surface area contributed by atoms with Crippen LogP contribution in [0, 0.1) is 13.8 Å². The number of rotatable bonds is 8. The summed E-state index contributed by atoms with van der Waals surface area (Å²) in [5, 5.41) is 14.0. The number of hydrogen-bond donors (Lipinski definition) is 2. The molecule has 0 aliphatic rings. The van der Waals surface area contributed by atoms with Crippen molar-refractivity contribution in [2.75, 3.05) is 13.2 Å². The highest BCUT2D eigenvalue weighted by molar-refractivity contribution is 6.10. The van der Waals surface area contributed by atoms with E-state index in [0.29, 0.717) is 35.2 Å². The molecule has 0 aliphatic carbocycles. The molecule has 148 valence electrons. The number of furan rings is 1. The molecule has 1 heterocycles. The van der Waals surface area contributed by atoms with Crippen molar-refractivity contribution in [2.45, 2.75) is 39.8 Å². The van der Waals surface area contributed by atoms with Crippen LogP contribution in [0.25, 0.3) is 11.0 Å². The number of ether oxygens (including phenoxy) is 1. The second-order valence-corrected chi connectivity index (χ2v) is 7.44. The van der Waals surface area contributed by atoms with Gasteiger partial charge in [0, 0.05) is 29.1 Å². The fraction of sp³-hybridized carbons (Fsp3) is 0.348. The Morgan fingerprint density at radius 3 is 2.54 bits per heavy atom. The van der Waals surface area contributed by atoms with Crippen LogP contribution in [0.2, 0.25) is 0 Å². The number of aryl methyl sites for hydroxylation is 2. The van der Waals surface area contributed by atoms with Gasteiger partial charge < -0.3 is 19.6 Å². The molecule has 1 unspecified atom stereocenters. The predicted molar refractivity (Wildman–Crippen MR) is 110 cm³/mol. The summed E-state index contributed by atoms with van der Waals surface area (Å²) in [6, 6.07) is 13.2. The number of nitrogens with one attached hydrogen (secondary N) is 1. The summed E-state index contributed by atoms with van der Waals surface area (Å²) >= 11 is 0. The van der Waals surface area contributed by atoms with Crippen molar-refractivity contribution in [3.8, 4) is 5.75 Å². The summed E-state index contributed by atoms with van der Waals surface area (Å²) in [7, 11) is 0. The number of aliphatic hydroxyl groups excluding tert-OH is 1. The Hall–Kier alpha value is -2.63. The minimum Gasteiger partial charge on any atom is -0.491 e. The molecule has 0 bridgehead atoms. The number of carbonyl (C=O) groups excluding carboxylic acids is 1. The molecule has 0 amide bonds. The third kappa shape index (κ3) is 4.61. The molecule has 0 radical (unpaired) electrons. The number of aliphatic hydroxyl groups is 1. The van der Waals surface area contributed by atoms with Crippen LogP contribution in [-0.4, -0.2) is 36.2 Å². The minimum atomic E-state index is -0.595. The smallest absolute Gasteiger partial charge is 0.228 e. The van der Waals surface area contributed by atoms with Gasteiger partial charge in [0.1, 0.15) is 24.0 Å². The lowest BCUT2D eigenvalue weighted by atomic mass is 10.0. The van der Waals surface area contributed by atoms with Crippen LogP contribution in [0.5, 0.6) is 5.75 Å². The van der Waals surface area contributed by atoms with Crippen molar-refractivity contribution in [2.24, 2.45) is 0 Å². The van der Waals surface area contributed by atoms with E-state index in [-0.39, 0.29) is 12.4 Å². The van der Waals surface area contributed by atoms with Gasteiger partial charge in [-0.3, -0.25) is 4.79 Å². The molecule has 0 fully saturated rings. The second-order valence-electron chi connectivity index (χ2n) is 7.44. The predicted octanol–water partition coefficient (Wildman–Crippen LogP) is 4.02. The van der Waals surface area contributed by atoms with Crippen LogP contribution in [0.4, 0.5) is 0 Å². The maximum atomic E-state index is 12.8. The van der Waals surface area contributed by atoms with Crippen LogP contribution in [-0.2, 0) is 0 Å². The molecule has 28 heavy (non-hydrogen) atoms. The summed E-state index contributed by atoms with van der Waals surface area (Å²) in [4.78, 5) is 12.8. The van der Waals surface area contributed by atoms with E-state index in [2.05, 4.69) is 5.32 Å². The fourth-order valence-corrected chi connectivity index (χ4v) is 2.97. The quantitative estimate of drug-likeness (QED) is 0.577. The fourth-order valence-electron chi connectivity index (χ4n) is 2.97. The van der Waals surface area contributed by atoms with Gasteiger partial charge >= 0.3 is 0 Å². The first-order valence-corrected chi connectivity index (χ1v) is 9.54. The average Bonchev–Trinajstić information content (AvgIpc) is 3.01. The van der Waals surface area contributed by atoms with Gasteiger partial charge in [0.15, 0.2) is 5.76 Å². The van der Waals surface area contributed by atoms with Gasteiger partial charge in [-0.25, -0.2) is 0 Å². The normalized spacial score (nSPS) is 12.5. The number of ketones is 1. The van der Waals surface area contributed by atoms with Gasteiger partial charge in [0.05, 0.1) is 0 Å². The van der Waals surface area contributed by atoms with Crippen LogP contribution in [0.15, 0.2) is 46.9 Å². The zero-order chi connectivity index (χ0) is 20.3. The molecular formula is C23H27NO4. The summed E-state index contributed by atoms with van der Waals surface area (Å²) < 4.78 is 11.5. The monoisotopic (exact) mass is 381 g/mol. The summed E-state index contributed by atoms with van der Waals surface area (Å²) in [6.45, 7) is 8.57. The SMILES string of the molecule is Cc1ccc(C(=O)c2oc3ccc(OCC(O)CNC(C)C)cc3c2C)cc1. The van der Waals surface area contributed by atoms with Gasteiger partial charge in [-0.05, 0) is 32.0 Å². The average molecular weight is 381 g/mol. The molecule has 0 saturated carbocycles. The van der Waals surface area contributed by atoms with Crippen LogP contribution in [0.1, 0.15) is 41.1 Å². The Morgan fingerprint density at radius 1 is 1.14 bits per heavy atom. The molecule has 3 rings (SSSR count). The molecule has 0 saturated heterocycles. The maximum absolute atomic E-state index is 12.8. The molecule has 2 N–H and O–H groups in total. The Balaban J connectivity index is 1.76. The van der Waals surface area contributed by atoms with Crippen LogP contribution in [0.3, 0.4) is 0 Å². The van der Waals surface area contributed by atoms with E-state index in [1.807, 2.05) is 58.0 Å². The largest absolute Gasteiger partial charge is 0.491 e. The van der Waals surface area contributed by atoms with E-state index in [1.54, 1.807) is 12.1 Å². The molecule has 1 atom stereocenters. The Labute approximate surface area is 165 Å². The van der Waals surface area contributed by atoms with E-state index >= 15 is 0 Å². The van der Waals surface area contributed by atoms with Crippen molar-refractivity contribution in [1.82, 2.24) is 5.32 Å². The highest BCUT2D eigenvalue weighted by atomic mass is 16.5. The van der Waals surface area contributed by atoms with Gasteiger partial charge in [-0.15, -0.1) is 0 Å². The topological polar surface area (TPSA) is 71.7 Å². The molecule has 5 nitrogen and oxygen atoms in total. The number of hydrogen-bond acceptors (Lipinski definition) is 5. The lowest BCUT2D eigenvalue weighted by Crippen LogP contribution is -2.35. The Bertz CT molecular complexity index is 957. The lowest BCUT2D eigenvalue weighted by Gasteiger charge is -2.15.